The minimum atomic E-state index is -0.254. The molecule has 7 heteroatoms. The van der Waals surface area contributed by atoms with Crippen LogP contribution in [-0.2, 0) is 4.79 Å². The Hall–Kier alpha value is -3.32. The van der Waals surface area contributed by atoms with Crippen LogP contribution in [0, 0.1) is 6.92 Å². The first-order valence-corrected chi connectivity index (χ1v) is 9.61. The number of methoxy groups -OCH3 is 1. The lowest BCUT2D eigenvalue weighted by molar-refractivity contribution is -0.118. The molecule has 28 heavy (non-hydrogen) atoms. The number of anilines is 1. The fourth-order valence-corrected chi connectivity index (χ4v) is 3.60. The van der Waals surface area contributed by atoms with Gasteiger partial charge in [0.2, 0.25) is 0 Å². The molecule has 2 aromatic heterocycles. The van der Waals surface area contributed by atoms with Crippen molar-refractivity contribution >= 4 is 27.9 Å². The molecule has 4 rings (SSSR count). The summed E-state index contributed by atoms with van der Waals surface area (Å²) in [5, 5.41) is 4.90. The van der Waals surface area contributed by atoms with E-state index in [0.717, 1.165) is 21.8 Å². The summed E-state index contributed by atoms with van der Waals surface area (Å²) < 4.78 is 12.9. The SMILES string of the molecule is COc1cc(C)ccc1OCC(=O)Nc1ccccc1-c1cn2ccsc2n1. The molecule has 0 fully saturated rings. The Morgan fingerprint density at radius 1 is 1.21 bits per heavy atom. The molecule has 0 spiro atoms. The number of imidazole rings is 1. The number of carbonyl (C=O) groups is 1. The fraction of sp³-hybridized carbons (Fsp3) is 0.143. The van der Waals surface area contributed by atoms with Gasteiger partial charge in [-0.25, -0.2) is 4.98 Å². The zero-order valence-corrected chi connectivity index (χ0v) is 16.3. The monoisotopic (exact) mass is 393 g/mol. The maximum Gasteiger partial charge on any atom is 0.262 e. The summed E-state index contributed by atoms with van der Waals surface area (Å²) >= 11 is 1.57. The Bertz CT molecular complexity index is 1100. The van der Waals surface area contributed by atoms with E-state index in [4.69, 9.17) is 9.47 Å². The van der Waals surface area contributed by atoms with Gasteiger partial charge in [-0.05, 0) is 30.7 Å². The Labute approximate surface area is 166 Å². The number of carbonyl (C=O) groups excluding carboxylic acids is 1. The summed E-state index contributed by atoms with van der Waals surface area (Å²) in [6, 6.07) is 13.2. The number of hydrogen-bond acceptors (Lipinski definition) is 5. The molecular weight excluding hydrogens is 374 g/mol. The summed E-state index contributed by atoms with van der Waals surface area (Å²) in [7, 11) is 1.58. The van der Waals surface area contributed by atoms with E-state index in [0.29, 0.717) is 17.2 Å². The first-order chi connectivity index (χ1) is 13.6. The normalized spacial score (nSPS) is 10.8. The zero-order valence-electron chi connectivity index (χ0n) is 15.5. The van der Waals surface area contributed by atoms with E-state index in [-0.39, 0.29) is 12.5 Å². The summed E-state index contributed by atoms with van der Waals surface area (Å²) in [5.41, 5.74) is 3.42. The van der Waals surface area contributed by atoms with E-state index in [9.17, 15) is 4.79 Å². The Morgan fingerprint density at radius 3 is 2.89 bits per heavy atom. The third-order valence-corrected chi connectivity index (χ3v) is 5.02. The van der Waals surface area contributed by atoms with Crippen molar-refractivity contribution in [3.63, 3.8) is 0 Å². The van der Waals surface area contributed by atoms with Gasteiger partial charge >= 0.3 is 0 Å². The van der Waals surface area contributed by atoms with Crippen molar-refractivity contribution in [2.24, 2.45) is 0 Å². The van der Waals surface area contributed by atoms with Crippen molar-refractivity contribution in [1.29, 1.82) is 0 Å². The third kappa shape index (κ3) is 3.70. The molecule has 0 saturated carbocycles. The van der Waals surface area contributed by atoms with Crippen LogP contribution in [0.15, 0.2) is 60.2 Å². The summed E-state index contributed by atoms with van der Waals surface area (Å²) in [4.78, 5) is 18.0. The molecule has 1 amide bonds. The molecule has 0 bridgehead atoms. The van der Waals surface area contributed by atoms with Gasteiger partial charge in [-0.15, -0.1) is 11.3 Å². The fourth-order valence-electron chi connectivity index (χ4n) is 2.90. The average Bonchev–Trinajstić information content (AvgIpc) is 3.29. The molecule has 0 radical (unpaired) electrons. The molecule has 4 aromatic rings. The number of nitrogens with one attached hydrogen (secondary N) is 1. The van der Waals surface area contributed by atoms with Crippen molar-refractivity contribution in [2.75, 3.05) is 19.0 Å². The van der Waals surface area contributed by atoms with E-state index in [1.54, 1.807) is 24.5 Å². The number of ether oxygens (including phenoxy) is 2. The number of amides is 1. The summed E-state index contributed by atoms with van der Waals surface area (Å²) in [5.74, 6) is 0.883. The number of rotatable bonds is 6. The maximum atomic E-state index is 12.5. The molecule has 0 atom stereocenters. The molecule has 2 heterocycles. The van der Waals surface area contributed by atoms with Crippen LogP contribution in [0.2, 0.25) is 0 Å². The van der Waals surface area contributed by atoms with E-state index >= 15 is 0 Å². The number of fused-ring (bicyclic) bond motifs is 1. The van der Waals surface area contributed by atoms with E-state index < -0.39 is 0 Å². The highest BCUT2D eigenvalue weighted by atomic mass is 32.1. The van der Waals surface area contributed by atoms with Crippen LogP contribution in [0.5, 0.6) is 11.5 Å². The Kier molecular flexibility index (Phi) is 4.99. The van der Waals surface area contributed by atoms with Gasteiger partial charge in [0.05, 0.1) is 18.5 Å². The molecule has 0 aliphatic heterocycles. The van der Waals surface area contributed by atoms with Crippen molar-refractivity contribution in [1.82, 2.24) is 9.38 Å². The Balaban J connectivity index is 1.49. The quantitative estimate of drug-likeness (QED) is 0.527. The topological polar surface area (TPSA) is 64.9 Å². The predicted octanol–water partition coefficient (Wildman–Crippen LogP) is 4.40. The highest BCUT2D eigenvalue weighted by Crippen LogP contribution is 2.29. The van der Waals surface area contributed by atoms with Crippen LogP contribution >= 0.6 is 11.3 Å². The lowest BCUT2D eigenvalue weighted by Crippen LogP contribution is -2.20. The highest BCUT2D eigenvalue weighted by Gasteiger charge is 2.13. The Morgan fingerprint density at radius 2 is 2.07 bits per heavy atom. The lowest BCUT2D eigenvalue weighted by Gasteiger charge is -2.12. The van der Waals surface area contributed by atoms with Gasteiger partial charge in [0, 0.05) is 23.3 Å². The summed E-state index contributed by atoms with van der Waals surface area (Å²) in [6.07, 6.45) is 3.91. The summed E-state index contributed by atoms with van der Waals surface area (Å²) in [6.45, 7) is 1.85. The standard InChI is InChI=1S/C21H19N3O3S/c1-14-7-8-18(19(11-14)26-2)27-13-20(25)22-16-6-4-3-5-15(16)17-12-24-9-10-28-21(24)23-17/h3-12H,13H2,1-2H3,(H,22,25). The van der Waals surface area contributed by atoms with Crippen LogP contribution in [0.4, 0.5) is 5.69 Å². The van der Waals surface area contributed by atoms with E-state index in [2.05, 4.69) is 10.3 Å². The minimum Gasteiger partial charge on any atom is -0.493 e. The molecule has 0 aliphatic rings. The molecule has 0 aliphatic carbocycles. The van der Waals surface area contributed by atoms with Crippen molar-refractivity contribution < 1.29 is 14.3 Å². The van der Waals surface area contributed by atoms with Crippen LogP contribution in [0.1, 0.15) is 5.56 Å². The second-order valence-corrected chi connectivity index (χ2v) is 7.13. The number of aryl methyl sites for hydroxylation is 1. The number of thiazole rings is 1. The van der Waals surface area contributed by atoms with Gasteiger partial charge in [0.15, 0.2) is 23.1 Å². The van der Waals surface area contributed by atoms with Gasteiger partial charge in [0.25, 0.3) is 5.91 Å². The van der Waals surface area contributed by atoms with Gasteiger partial charge in [-0.2, -0.15) is 0 Å². The van der Waals surface area contributed by atoms with Gasteiger partial charge < -0.3 is 14.8 Å². The van der Waals surface area contributed by atoms with Crippen LogP contribution in [0.25, 0.3) is 16.2 Å². The molecule has 142 valence electrons. The van der Waals surface area contributed by atoms with Crippen LogP contribution in [-0.4, -0.2) is 29.0 Å². The van der Waals surface area contributed by atoms with E-state index in [1.165, 1.54) is 0 Å². The van der Waals surface area contributed by atoms with Crippen molar-refractivity contribution in [3.8, 4) is 22.8 Å². The molecular formula is C21H19N3O3S. The second-order valence-electron chi connectivity index (χ2n) is 6.26. The average molecular weight is 393 g/mol. The molecule has 0 unspecified atom stereocenters. The largest absolute Gasteiger partial charge is 0.493 e. The first kappa shape index (κ1) is 18.1. The molecule has 2 aromatic carbocycles. The number of aromatic nitrogens is 2. The minimum absolute atomic E-state index is 0.119. The molecule has 1 N–H and O–H groups in total. The first-order valence-electron chi connectivity index (χ1n) is 8.73. The second kappa shape index (κ2) is 7.74. The van der Waals surface area contributed by atoms with Gasteiger partial charge in [-0.1, -0.05) is 24.3 Å². The predicted molar refractivity (Wildman–Crippen MR) is 110 cm³/mol. The van der Waals surface area contributed by atoms with Crippen molar-refractivity contribution in [2.45, 2.75) is 6.92 Å². The van der Waals surface area contributed by atoms with Crippen LogP contribution in [0.3, 0.4) is 0 Å². The highest BCUT2D eigenvalue weighted by molar-refractivity contribution is 7.15. The number of hydrogen-bond donors (Lipinski definition) is 1. The van der Waals surface area contributed by atoms with Gasteiger partial charge in [0.1, 0.15) is 0 Å². The van der Waals surface area contributed by atoms with E-state index in [1.807, 2.05) is 65.5 Å². The third-order valence-electron chi connectivity index (χ3n) is 4.25. The number of para-hydroxylation sites is 1. The van der Waals surface area contributed by atoms with Gasteiger partial charge in [-0.3, -0.25) is 9.20 Å². The lowest BCUT2D eigenvalue weighted by atomic mass is 10.1. The molecule has 6 nitrogen and oxygen atoms in total. The van der Waals surface area contributed by atoms with Crippen LogP contribution < -0.4 is 14.8 Å². The zero-order chi connectivity index (χ0) is 19.5. The number of nitrogens with zero attached hydrogens (tertiary/aromatic N) is 2. The van der Waals surface area contributed by atoms with Crippen molar-refractivity contribution in [3.05, 3.63) is 65.8 Å². The molecule has 0 saturated heterocycles. The number of benzene rings is 2. The smallest absolute Gasteiger partial charge is 0.262 e. The maximum absolute atomic E-state index is 12.5.